The number of carbonyl (C=O) groups is 1. The normalized spacial score (nSPS) is 21.0. The molecule has 15 nitrogen and oxygen atoms in total. The van der Waals surface area contributed by atoms with Gasteiger partial charge in [-0.3, -0.25) is 28.1 Å². The number of halogens is 2. The van der Waals surface area contributed by atoms with Gasteiger partial charge in [0.2, 0.25) is 0 Å². The lowest BCUT2D eigenvalue weighted by Crippen LogP contribution is -2.41. The SMILES string of the molecule is Cc1cc(-n2nc3c(c2-n2ccn(-c4ccc5c(cnn5CC5CC5)c4F)c2=O)C(C)N(C(=O)c2cc4cc(C5CCOCC5)ccc4n2C2(c4noc(=O)[nH]4)CC2C)CC3)cc(C)c1F. The summed E-state index contributed by atoms with van der Waals surface area (Å²) in [6.07, 6.45) is 9.65. The molecule has 7 heterocycles. The summed E-state index contributed by atoms with van der Waals surface area (Å²) >= 11 is 0. The van der Waals surface area contributed by atoms with Crippen LogP contribution in [0.25, 0.3) is 39.0 Å². The second-order valence-corrected chi connectivity index (χ2v) is 18.9. The van der Waals surface area contributed by atoms with Crippen LogP contribution < -0.4 is 11.4 Å². The van der Waals surface area contributed by atoms with Crippen molar-refractivity contribution in [3.05, 3.63) is 139 Å². The average molecular weight is 895 g/mol. The van der Waals surface area contributed by atoms with E-state index in [1.54, 1.807) is 53.9 Å². The molecule has 2 aliphatic heterocycles. The summed E-state index contributed by atoms with van der Waals surface area (Å²) in [4.78, 5) is 47.3. The van der Waals surface area contributed by atoms with Crippen LogP contribution in [0.15, 0.2) is 81.2 Å². The average Bonchev–Trinajstić information content (AvgIpc) is 3.81. The van der Waals surface area contributed by atoms with Gasteiger partial charge in [-0.05, 0) is 130 Å². The number of aromatic amines is 1. The fraction of sp³-hybridized carbons (Fsp3) is 0.388. The van der Waals surface area contributed by atoms with Gasteiger partial charge in [-0.25, -0.2) is 23.1 Å². The van der Waals surface area contributed by atoms with E-state index in [4.69, 9.17) is 14.4 Å². The number of nitrogens with zero attached hydrogens (tertiary/aromatic N) is 9. The smallest absolute Gasteiger partial charge is 0.381 e. The number of carbonyl (C=O) groups excluding carboxylic acids is 1. The van der Waals surface area contributed by atoms with Gasteiger partial charge in [0.15, 0.2) is 11.6 Å². The second-order valence-electron chi connectivity index (χ2n) is 18.9. The van der Waals surface area contributed by atoms with Gasteiger partial charge in [-0.2, -0.15) is 10.2 Å². The van der Waals surface area contributed by atoms with Crippen LogP contribution in [0.5, 0.6) is 0 Å². The van der Waals surface area contributed by atoms with Crippen LogP contribution >= 0.6 is 0 Å². The Morgan fingerprint density at radius 2 is 1.67 bits per heavy atom. The first-order chi connectivity index (χ1) is 31.9. The highest BCUT2D eigenvalue weighted by Gasteiger charge is 2.59. The number of rotatable bonds is 9. The molecule has 1 amide bonds. The Bertz CT molecular complexity index is 3390. The zero-order valence-corrected chi connectivity index (χ0v) is 37.1. The molecule has 1 N–H and O–H groups in total. The summed E-state index contributed by atoms with van der Waals surface area (Å²) in [7, 11) is 0. The highest BCUT2D eigenvalue weighted by atomic mass is 19.1. The van der Waals surface area contributed by atoms with E-state index in [0.29, 0.717) is 101 Å². The van der Waals surface area contributed by atoms with E-state index >= 15 is 13.6 Å². The molecule has 0 radical (unpaired) electrons. The van der Waals surface area contributed by atoms with E-state index in [-0.39, 0.29) is 23.3 Å². The van der Waals surface area contributed by atoms with E-state index in [1.165, 1.54) is 27.1 Å². The topological polar surface area (TPSA) is 156 Å². The Kier molecular flexibility index (Phi) is 9.12. The summed E-state index contributed by atoms with van der Waals surface area (Å²) in [5.74, 6) is -0.247. The summed E-state index contributed by atoms with van der Waals surface area (Å²) in [5, 5.41) is 14.9. The van der Waals surface area contributed by atoms with Crippen molar-refractivity contribution in [1.82, 2.24) is 48.3 Å². The number of amides is 1. The molecule has 1 saturated heterocycles. The molecule has 5 aromatic heterocycles. The Morgan fingerprint density at radius 3 is 2.38 bits per heavy atom. The number of aryl methyl sites for hydroxylation is 2. The van der Waals surface area contributed by atoms with Crippen molar-refractivity contribution in [3.8, 4) is 17.2 Å². The zero-order chi connectivity index (χ0) is 45.3. The van der Waals surface area contributed by atoms with E-state index in [2.05, 4.69) is 40.4 Å². The minimum Gasteiger partial charge on any atom is -0.381 e. The summed E-state index contributed by atoms with van der Waals surface area (Å²) < 4.78 is 50.5. The molecule has 12 rings (SSSR count). The molecule has 0 spiro atoms. The Hall–Kier alpha value is -6.88. The van der Waals surface area contributed by atoms with Crippen molar-refractivity contribution in [2.24, 2.45) is 11.8 Å². The van der Waals surface area contributed by atoms with Gasteiger partial charge in [-0.15, -0.1) is 0 Å². The second kappa shape index (κ2) is 14.8. The molecule has 4 aliphatic rings. The van der Waals surface area contributed by atoms with Crippen LogP contribution in [0.2, 0.25) is 0 Å². The van der Waals surface area contributed by atoms with Crippen LogP contribution in [0, 0.1) is 37.3 Å². The van der Waals surface area contributed by atoms with Crippen molar-refractivity contribution < 1.29 is 22.8 Å². The maximum Gasteiger partial charge on any atom is 0.438 e. The van der Waals surface area contributed by atoms with Gasteiger partial charge >= 0.3 is 11.4 Å². The fourth-order valence-electron chi connectivity index (χ4n) is 10.9. The molecule has 3 aromatic carbocycles. The monoisotopic (exact) mass is 894 g/mol. The maximum atomic E-state index is 16.5. The number of hydrogen-bond acceptors (Lipinski definition) is 8. The van der Waals surface area contributed by atoms with Crippen molar-refractivity contribution >= 4 is 27.7 Å². The van der Waals surface area contributed by atoms with Crippen LogP contribution in [0.4, 0.5) is 8.78 Å². The van der Waals surface area contributed by atoms with Crippen LogP contribution in [-0.4, -0.2) is 74.0 Å². The Balaban J connectivity index is 0.989. The largest absolute Gasteiger partial charge is 0.438 e. The van der Waals surface area contributed by atoms with Gasteiger partial charge < -0.3 is 14.2 Å². The molecule has 2 aliphatic carbocycles. The Labute approximate surface area is 376 Å². The Morgan fingerprint density at radius 1 is 0.924 bits per heavy atom. The van der Waals surface area contributed by atoms with Crippen molar-refractivity contribution in [3.63, 3.8) is 0 Å². The van der Waals surface area contributed by atoms with E-state index in [0.717, 1.165) is 43.1 Å². The molecule has 66 heavy (non-hydrogen) atoms. The summed E-state index contributed by atoms with van der Waals surface area (Å²) in [6.45, 7) is 9.75. The molecule has 17 heteroatoms. The van der Waals surface area contributed by atoms with E-state index in [1.807, 2.05) is 22.2 Å². The quantitative estimate of drug-likeness (QED) is 0.156. The highest BCUT2D eigenvalue weighted by molar-refractivity contribution is 6.00. The number of aromatic nitrogens is 9. The lowest BCUT2D eigenvalue weighted by Gasteiger charge is -2.34. The maximum absolute atomic E-state index is 16.5. The third-order valence-electron chi connectivity index (χ3n) is 14.8. The third kappa shape index (κ3) is 6.14. The number of imidazole rings is 1. The predicted octanol–water partition coefficient (Wildman–Crippen LogP) is 7.54. The summed E-state index contributed by atoms with van der Waals surface area (Å²) in [6, 6.07) is 14.4. The fourth-order valence-corrected chi connectivity index (χ4v) is 10.9. The van der Waals surface area contributed by atoms with Crippen LogP contribution in [0.1, 0.15) is 102 Å². The molecule has 3 atom stereocenters. The minimum absolute atomic E-state index is 0.00814. The molecule has 2 saturated carbocycles. The number of hydrogen-bond donors (Lipinski definition) is 1. The lowest BCUT2D eigenvalue weighted by atomic mass is 9.91. The molecular formula is C49H48F2N10O5. The van der Waals surface area contributed by atoms with Crippen molar-refractivity contribution in [1.29, 1.82) is 0 Å². The highest BCUT2D eigenvalue weighted by Crippen LogP contribution is 2.56. The first-order valence-corrected chi connectivity index (χ1v) is 22.9. The van der Waals surface area contributed by atoms with Crippen LogP contribution in [0.3, 0.4) is 0 Å². The van der Waals surface area contributed by atoms with Gasteiger partial charge in [0.1, 0.15) is 22.9 Å². The molecule has 338 valence electrons. The van der Waals surface area contributed by atoms with Crippen LogP contribution in [-0.2, 0) is 23.2 Å². The lowest BCUT2D eigenvalue weighted by molar-refractivity contribution is 0.0663. The molecular weight excluding hydrogens is 847 g/mol. The van der Waals surface area contributed by atoms with Gasteiger partial charge in [0, 0.05) is 61.6 Å². The van der Waals surface area contributed by atoms with E-state index in [9.17, 15) is 9.59 Å². The molecule has 3 fully saturated rings. The number of fused-ring (bicyclic) bond motifs is 3. The molecule has 0 bridgehead atoms. The molecule has 8 aromatic rings. The minimum atomic E-state index is -0.845. The van der Waals surface area contributed by atoms with Crippen molar-refractivity contribution in [2.75, 3.05) is 19.8 Å². The first kappa shape index (κ1) is 40.6. The first-order valence-electron chi connectivity index (χ1n) is 22.9. The number of ether oxygens (including phenoxy) is 1. The third-order valence-corrected chi connectivity index (χ3v) is 14.8. The van der Waals surface area contributed by atoms with Gasteiger partial charge in [0.05, 0.1) is 40.2 Å². The number of H-pyrrole nitrogens is 1. The standard InChI is InChI=1S/C49H48F2N10O5/c1-26-19-34(20-27(2)42(26)50)61-44(58-16-15-57(48(58)64)39-10-9-38-35(43(39)51)24-52-59(38)25-30-5-6-30)41-29(4)56(14-11-36(41)54-61)45(62)40-22-33-21-32(31-12-17-65-18-13-31)7-8-37(33)60(40)49(23-28(49)3)46-53-47(63)66-55-46/h7-10,15-16,19-22,24,28-31H,5-6,11-14,17-18,23,25H2,1-4H3,(H,53,55,63). The van der Waals surface area contributed by atoms with Gasteiger partial charge in [-0.1, -0.05) is 18.1 Å². The number of nitrogens with one attached hydrogen (secondary N) is 1. The predicted molar refractivity (Wildman–Crippen MR) is 240 cm³/mol. The zero-order valence-electron chi connectivity index (χ0n) is 37.1. The number of benzene rings is 3. The van der Waals surface area contributed by atoms with E-state index < -0.39 is 28.8 Å². The van der Waals surface area contributed by atoms with Gasteiger partial charge in [0.25, 0.3) is 5.91 Å². The van der Waals surface area contributed by atoms with Crippen molar-refractivity contribution in [2.45, 2.75) is 90.3 Å². The summed E-state index contributed by atoms with van der Waals surface area (Å²) in [5.41, 5.74) is 4.40. The molecule has 3 unspecified atom stereocenters.